The van der Waals surface area contributed by atoms with E-state index >= 15 is 0 Å². The minimum Gasteiger partial charge on any atom is -0.480 e. The van der Waals surface area contributed by atoms with E-state index in [1.54, 1.807) is 23.7 Å². The molecule has 3 rings (SSSR count). The normalized spacial score (nSPS) is 10.6. The standard InChI is InChI=1S/C18H18FN5O2/c1-4-15-13(18(25)21-14-6-5-12(19)9-11(14)2)10-20-24(15)16-7-8-17(26-3)23-22-16/h5-10H,4H2,1-3H3,(H,21,25). The van der Waals surface area contributed by atoms with Crippen LogP contribution in [0, 0.1) is 12.7 Å². The quantitative estimate of drug-likeness (QED) is 0.761. The van der Waals surface area contributed by atoms with Gasteiger partial charge in [0.25, 0.3) is 5.91 Å². The third-order valence-corrected chi connectivity index (χ3v) is 3.94. The lowest BCUT2D eigenvalue weighted by molar-refractivity contribution is 0.102. The van der Waals surface area contributed by atoms with Gasteiger partial charge in [0.1, 0.15) is 5.82 Å². The van der Waals surface area contributed by atoms with Crippen molar-refractivity contribution in [2.24, 2.45) is 0 Å². The molecule has 0 bridgehead atoms. The zero-order valence-corrected chi connectivity index (χ0v) is 14.7. The lowest BCUT2D eigenvalue weighted by atomic mass is 10.1. The van der Waals surface area contributed by atoms with Crippen molar-refractivity contribution >= 4 is 11.6 Å². The topological polar surface area (TPSA) is 81.9 Å². The highest BCUT2D eigenvalue weighted by Crippen LogP contribution is 2.20. The van der Waals surface area contributed by atoms with Crippen LogP contribution in [-0.4, -0.2) is 33.0 Å². The van der Waals surface area contributed by atoms with Gasteiger partial charge in [0.05, 0.1) is 24.6 Å². The molecule has 2 heterocycles. The summed E-state index contributed by atoms with van der Waals surface area (Å²) in [6.07, 6.45) is 2.05. The van der Waals surface area contributed by atoms with E-state index in [0.717, 1.165) is 0 Å². The summed E-state index contributed by atoms with van der Waals surface area (Å²) in [5.74, 6) is 0.216. The third-order valence-electron chi connectivity index (χ3n) is 3.94. The number of aryl methyl sites for hydroxylation is 1. The van der Waals surface area contributed by atoms with Crippen molar-refractivity contribution in [3.8, 4) is 11.7 Å². The number of carbonyl (C=O) groups excluding carboxylic acids is 1. The summed E-state index contributed by atoms with van der Waals surface area (Å²) >= 11 is 0. The van der Waals surface area contributed by atoms with Crippen molar-refractivity contribution in [1.29, 1.82) is 0 Å². The van der Waals surface area contributed by atoms with Crippen molar-refractivity contribution < 1.29 is 13.9 Å². The van der Waals surface area contributed by atoms with Gasteiger partial charge >= 0.3 is 0 Å². The second-order valence-electron chi connectivity index (χ2n) is 5.62. The van der Waals surface area contributed by atoms with Crippen LogP contribution in [0.15, 0.2) is 36.5 Å². The Morgan fingerprint density at radius 3 is 2.69 bits per heavy atom. The fourth-order valence-electron chi connectivity index (χ4n) is 2.59. The Labute approximate surface area is 149 Å². The molecule has 7 nitrogen and oxygen atoms in total. The molecule has 0 aliphatic heterocycles. The molecule has 134 valence electrons. The molecule has 3 aromatic rings. The van der Waals surface area contributed by atoms with Crippen LogP contribution in [0.25, 0.3) is 5.82 Å². The van der Waals surface area contributed by atoms with Gasteiger partial charge < -0.3 is 10.1 Å². The number of nitrogens with zero attached hydrogens (tertiary/aromatic N) is 4. The zero-order valence-electron chi connectivity index (χ0n) is 14.7. The van der Waals surface area contributed by atoms with Crippen molar-refractivity contribution in [3.05, 3.63) is 59.2 Å². The molecule has 0 spiro atoms. The number of methoxy groups -OCH3 is 1. The highest BCUT2D eigenvalue weighted by atomic mass is 19.1. The zero-order chi connectivity index (χ0) is 18.7. The van der Waals surface area contributed by atoms with Gasteiger partial charge in [-0.25, -0.2) is 9.07 Å². The number of aromatic nitrogens is 4. The monoisotopic (exact) mass is 355 g/mol. The van der Waals surface area contributed by atoms with Crippen molar-refractivity contribution in [1.82, 2.24) is 20.0 Å². The Bertz CT molecular complexity index is 937. The van der Waals surface area contributed by atoms with Gasteiger partial charge in [0.15, 0.2) is 5.82 Å². The fraction of sp³-hybridized carbons (Fsp3) is 0.222. The van der Waals surface area contributed by atoms with E-state index in [0.29, 0.717) is 40.6 Å². The van der Waals surface area contributed by atoms with Crippen LogP contribution in [0.5, 0.6) is 5.88 Å². The van der Waals surface area contributed by atoms with Crippen molar-refractivity contribution in [2.45, 2.75) is 20.3 Å². The van der Waals surface area contributed by atoms with E-state index in [2.05, 4.69) is 20.6 Å². The summed E-state index contributed by atoms with van der Waals surface area (Å²) in [6.45, 7) is 3.65. The molecule has 0 radical (unpaired) electrons. The van der Waals surface area contributed by atoms with Gasteiger partial charge in [-0.1, -0.05) is 6.92 Å². The van der Waals surface area contributed by atoms with Crippen LogP contribution in [0.1, 0.15) is 28.5 Å². The van der Waals surface area contributed by atoms with Gasteiger partial charge in [-0.2, -0.15) is 5.10 Å². The van der Waals surface area contributed by atoms with Crippen LogP contribution in [0.2, 0.25) is 0 Å². The third kappa shape index (κ3) is 3.39. The Hall–Kier alpha value is -3.29. The summed E-state index contributed by atoms with van der Waals surface area (Å²) < 4.78 is 19.8. The first-order valence-corrected chi connectivity index (χ1v) is 8.06. The number of rotatable bonds is 5. The Balaban J connectivity index is 1.90. The number of nitrogens with one attached hydrogen (secondary N) is 1. The minimum absolute atomic E-state index is 0.315. The number of benzene rings is 1. The summed E-state index contributed by atoms with van der Waals surface area (Å²) in [5.41, 5.74) is 2.32. The number of hydrogen-bond acceptors (Lipinski definition) is 5. The predicted octanol–water partition coefficient (Wildman–Crippen LogP) is 2.93. The van der Waals surface area contributed by atoms with E-state index in [4.69, 9.17) is 4.74 Å². The Kier molecular flexibility index (Phi) is 4.92. The van der Waals surface area contributed by atoms with Crippen LogP contribution < -0.4 is 10.1 Å². The predicted molar refractivity (Wildman–Crippen MR) is 94.2 cm³/mol. The first-order valence-electron chi connectivity index (χ1n) is 8.06. The second kappa shape index (κ2) is 7.30. The summed E-state index contributed by atoms with van der Waals surface area (Å²) in [6, 6.07) is 7.59. The fourth-order valence-corrected chi connectivity index (χ4v) is 2.59. The lowest BCUT2D eigenvalue weighted by Gasteiger charge is -2.09. The molecular formula is C18H18FN5O2. The van der Waals surface area contributed by atoms with Crippen LogP contribution in [0.4, 0.5) is 10.1 Å². The minimum atomic E-state index is -0.347. The van der Waals surface area contributed by atoms with E-state index in [1.807, 2.05) is 6.92 Å². The molecule has 0 unspecified atom stereocenters. The molecule has 0 saturated heterocycles. The van der Waals surface area contributed by atoms with E-state index in [-0.39, 0.29) is 11.7 Å². The van der Waals surface area contributed by atoms with Crippen molar-refractivity contribution in [2.75, 3.05) is 12.4 Å². The molecule has 0 atom stereocenters. The maximum atomic E-state index is 13.2. The molecule has 0 aliphatic rings. The van der Waals surface area contributed by atoms with Crippen molar-refractivity contribution in [3.63, 3.8) is 0 Å². The maximum Gasteiger partial charge on any atom is 0.259 e. The highest BCUT2D eigenvalue weighted by Gasteiger charge is 2.18. The average Bonchev–Trinajstić information content (AvgIpc) is 3.08. The first-order chi connectivity index (χ1) is 12.5. The second-order valence-corrected chi connectivity index (χ2v) is 5.62. The van der Waals surface area contributed by atoms with Gasteiger partial charge in [-0.3, -0.25) is 4.79 Å². The van der Waals surface area contributed by atoms with Crippen LogP contribution >= 0.6 is 0 Å². The highest BCUT2D eigenvalue weighted by molar-refractivity contribution is 6.05. The van der Waals surface area contributed by atoms with E-state index in [1.165, 1.54) is 31.5 Å². The van der Waals surface area contributed by atoms with Crippen LogP contribution in [-0.2, 0) is 6.42 Å². The Morgan fingerprint density at radius 1 is 1.27 bits per heavy atom. The molecular weight excluding hydrogens is 337 g/mol. The number of ether oxygens (including phenoxy) is 1. The molecule has 1 aromatic carbocycles. The maximum absolute atomic E-state index is 13.2. The lowest BCUT2D eigenvalue weighted by Crippen LogP contribution is -2.15. The SMILES string of the molecule is CCc1c(C(=O)Nc2ccc(F)cc2C)cnn1-c1ccc(OC)nn1. The van der Waals surface area contributed by atoms with E-state index in [9.17, 15) is 9.18 Å². The molecule has 2 aromatic heterocycles. The molecule has 0 fully saturated rings. The summed E-state index contributed by atoms with van der Waals surface area (Å²) in [7, 11) is 1.51. The smallest absolute Gasteiger partial charge is 0.259 e. The average molecular weight is 355 g/mol. The number of hydrogen-bond donors (Lipinski definition) is 1. The molecule has 0 saturated carbocycles. The summed E-state index contributed by atoms with van der Waals surface area (Å²) in [5, 5.41) is 15.0. The van der Waals surface area contributed by atoms with Gasteiger partial charge in [0, 0.05) is 11.8 Å². The molecule has 1 N–H and O–H groups in total. The number of amides is 1. The molecule has 8 heteroatoms. The van der Waals surface area contributed by atoms with Gasteiger partial charge in [-0.05, 0) is 43.2 Å². The summed E-state index contributed by atoms with van der Waals surface area (Å²) in [4.78, 5) is 12.7. The Morgan fingerprint density at radius 2 is 2.08 bits per heavy atom. The largest absolute Gasteiger partial charge is 0.480 e. The molecule has 0 aliphatic carbocycles. The van der Waals surface area contributed by atoms with Gasteiger partial charge in [-0.15, -0.1) is 10.2 Å². The van der Waals surface area contributed by atoms with Crippen LogP contribution in [0.3, 0.4) is 0 Å². The molecule has 1 amide bonds. The number of carbonyl (C=O) groups is 1. The molecule has 26 heavy (non-hydrogen) atoms. The first kappa shape index (κ1) is 17.5. The van der Waals surface area contributed by atoms with E-state index < -0.39 is 0 Å². The van der Waals surface area contributed by atoms with Gasteiger partial charge in [0.2, 0.25) is 5.88 Å². The number of halogens is 1. The number of anilines is 1.